The molecule has 0 radical (unpaired) electrons. The molecule has 0 atom stereocenters. The summed E-state index contributed by atoms with van der Waals surface area (Å²) in [6.45, 7) is 1.90. The van der Waals surface area contributed by atoms with Crippen molar-refractivity contribution >= 4 is 12.2 Å². The Labute approximate surface area is 122 Å². The van der Waals surface area contributed by atoms with Crippen LogP contribution in [0.25, 0.3) is 0 Å². The van der Waals surface area contributed by atoms with Crippen LogP contribution in [0.15, 0.2) is 53.7 Å². The first-order chi connectivity index (χ1) is 10.2. The Hall–Kier alpha value is -2.82. The van der Waals surface area contributed by atoms with Crippen LogP contribution in [-0.2, 0) is 9.53 Å². The van der Waals surface area contributed by atoms with E-state index in [1.165, 1.54) is 7.11 Å². The number of carbonyl (C=O) groups excluding carboxylic acids is 1. The molecule has 5 heteroatoms. The summed E-state index contributed by atoms with van der Waals surface area (Å²) < 4.78 is 10.2. The first-order valence-corrected chi connectivity index (χ1v) is 6.31. The number of aryl methyl sites for hydroxylation is 1. The van der Waals surface area contributed by atoms with Gasteiger partial charge in [0.2, 0.25) is 5.75 Å². The zero-order valence-corrected chi connectivity index (χ0v) is 11.8. The zero-order valence-electron chi connectivity index (χ0n) is 11.8. The molecule has 0 saturated carbocycles. The number of methoxy groups -OCH3 is 1. The molecule has 5 nitrogen and oxygen atoms in total. The molecule has 2 aromatic rings. The van der Waals surface area contributed by atoms with E-state index in [4.69, 9.17) is 9.57 Å². The maximum absolute atomic E-state index is 11.0. The highest BCUT2D eigenvalue weighted by Gasteiger charge is 2.10. The van der Waals surface area contributed by atoms with Crippen molar-refractivity contribution in [3.05, 3.63) is 54.1 Å². The lowest BCUT2D eigenvalue weighted by Gasteiger charge is -2.11. The fraction of sp³-hybridized carbons (Fsp3) is 0.125. The lowest BCUT2D eigenvalue weighted by atomic mass is 10.2. The molecule has 0 spiro atoms. The van der Waals surface area contributed by atoms with Crippen LogP contribution in [0.3, 0.4) is 0 Å². The lowest BCUT2D eigenvalue weighted by molar-refractivity contribution is -0.132. The second-order valence-corrected chi connectivity index (χ2v) is 4.17. The van der Waals surface area contributed by atoms with Crippen molar-refractivity contribution in [1.82, 2.24) is 0 Å². The van der Waals surface area contributed by atoms with Gasteiger partial charge < -0.3 is 14.3 Å². The van der Waals surface area contributed by atoms with Gasteiger partial charge in [0, 0.05) is 0 Å². The van der Waals surface area contributed by atoms with Crippen LogP contribution in [-0.4, -0.2) is 19.3 Å². The largest absolute Gasteiger partial charge is 0.465 e. The van der Waals surface area contributed by atoms with Gasteiger partial charge in [-0.3, -0.25) is 0 Å². The number of hydrogen-bond donors (Lipinski definition) is 0. The number of carbonyl (C=O) groups is 1. The van der Waals surface area contributed by atoms with Gasteiger partial charge in [-0.2, -0.15) is 0 Å². The number of hydrogen-bond acceptors (Lipinski definition) is 5. The molecule has 0 unspecified atom stereocenters. The third-order valence-electron chi connectivity index (χ3n) is 2.65. The van der Waals surface area contributed by atoms with Gasteiger partial charge in [0.1, 0.15) is 5.75 Å². The van der Waals surface area contributed by atoms with E-state index in [-0.39, 0.29) is 0 Å². The minimum atomic E-state index is -0.590. The first kappa shape index (κ1) is 14.6. The summed E-state index contributed by atoms with van der Waals surface area (Å²) in [5, 5.41) is 3.58. The number of benzene rings is 2. The highest BCUT2D eigenvalue weighted by atomic mass is 16.6. The smallest absolute Gasteiger partial charge is 0.352 e. The highest BCUT2D eigenvalue weighted by Crippen LogP contribution is 2.34. The molecule has 0 fully saturated rings. The fourth-order valence-electron chi connectivity index (χ4n) is 1.61. The first-order valence-electron chi connectivity index (χ1n) is 6.31. The Balaban J connectivity index is 2.20. The van der Waals surface area contributed by atoms with E-state index in [9.17, 15) is 4.79 Å². The number of oxime groups is 1. The van der Waals surface area contributed by atoms with E-state index in [2.05, 4.69) is 9.89 Å². The average molecular weight is 285 g/mol. The maximum Gasteiger partial charge on any atom is 0.352 e. The number of rotatable bonds is 5. The molecule has 2 aromatic carbocycles. The van der Waals surface area contributed by atoms with Crippen molar-refractivity contribution in [2.45, 2.75) is 6.92 Å². The molecule has 0 N–H and O–H groups in total. The van der Waals surface area contributed by atoms with Crippen molar-refractivity contribution in [2.24, 2.45) is 5.16 Å². The van der Waals surface area contributed by atoms with E-state index in [0.717, 1.165) is 11.8 Å². The summed E-state index contributed by atoms with van der Waals surface area (Å²) in [7, 11) is 1.27. The van der Waals surface area contributed by atoms with E-state index in [0.29, 0.717) is 17.2 Å². The van der Waals surface area contributed by atoms with Gasteiger partial charge in [-0.15, -0.1) is 0 Å². The molecule has 0 aliphatic heterocycles. The van der Waals surface area contributed by atoms with Gasteiger partial charge in [-0.1, -0.05) is 35.5 Å². The van der Waals surface area contributed by atoms with E-state index in [1.807, 2.05) is 49.4 Å². The highest BCUT2D eigenvalue weighted by molar-refractivity contribution is 6.22. The Kier molecular flexibility index (Phi) is 4.93. The third kappa shape index (κ3) is 4.07. The zero-order chi connectivity index (χ0) is 15.1. The van der Waals surface area contributed by atoms with Gasteiger partial charge >= 0.3 is 5.97 Å². The molecule has 0 aromatic heterocycles. The molecule has 108 valence electrons. The van der Waals surface area contributed by atoms with Gasteiger partial charge in [-0.25, -0.2) is 4.79 Å². The average Bonchev–Trinajstić information content (AvgIpc) is 2.51. The lowest BCUT2D eigenvalue weighted by Crippen LogP contribution is -2.02. The third-order valence-corrected chi connectivity index (χ3v) is 2.65. The summed E-state index contributed by atoms with van der Waals surface area (Å²) in [6, 6.07) is 14.8. The topological polar surface area (TPSA) is 57.1 Å². The van der Waals surface area contributed by atoms with Crippen molar-refractivity contribution in [3.8, 4) is 17.2 Å². The number of para-hydroxylation sites is 2. The summed E-state index contributed by atoms with van der Waals surface area (Å²) >= 11 is 0. The van der Waals surface area contributed by atoms with E-state index < -0.39 is 5.97 Å². The molecular formula is C16H15NO4. The van der Waals surface area contributed by atoms with Crippen molar-refractivity contribution < 1.29 is 19.1 Å². The normalized spacial score (nSPS) is 10.4. The molecule has 2 rings (SSSR count). The monoisotopic (exact) mass is 285 g/mol. The molecule has 0 aliphatic carbocycles. The fourth-order valence-corrected chi connectivity index (χ4v) is 1.61. The minimum absolute atomic E-state index is 0.416. The second kappa shape index (κ2) is 7.09. The van der Waals surface area contributed by atoms with Gasteiger partial charge in [0.25, 0.3) is 0 Å². The predicted molar refractivity (Wildman–Crippen MR) is 78.8 cm³/mol. The van der Waals surface area contributed by atoms with Gasteiger partial charge in [-0.05, 0) is 30.7 Å². The molecule has 21 heavy (non-hydrogen) atoms. The van der Waals surface area contributed by atoms with Crippen LogP contribution in [0.4, 0.5) is 0 Å². The van der Waals surface area contributed by atoms with Crippen LogP contribution in [0.5, 0.6) is 17.2 Å². The van der Waals surface area contributed by atoms with Crippen LogP contribution >= 0.6 is 0 Å². The summed E-state index contributed by atoms with van der Waals surface area (Å²) in [5.41, 5.74) is 0.893. The summed E-state index contributed by atoms with van der Waals surface area (Å²) in [6.07, 6.45) is 0.953. The SMILES string of the molecule is COC(=O)/C=N/Oc1cccc(C)c1Oc1ccccc1. The molecule has 0 bridgehead atoms. The van der Waals surface area contributed by atoms with Crippen molar-refractivity contribution in [3.63, 3.8) is 0 Å². The minimum Gasteiger partial charge on any atom is -0.465 e. The Bertz CT molecular complexity index is 638. The van der Waals surface area contributed by atoms with Gasteiger partial charge in [0.15, 0.2) is 12.0 Å². The Morgan fingerprint density at radius 1 is 1.10 bits per heavy atom. The number of nitrogens with zero attached hydrogens (tertiary/aromatic N) is 1. The molecule has 0 aliphatic rings. The Morgan fingerprint density at radius 2 is 1.86 bits per heavy atom. The predicted octanol–water partition coefficient (Wildman–Crippen LogP) is 3.32. The second-order valence-electron chi connectivity index (χ2n) is 4.17. The molecular weight excluding hydrogens is 270 g/mol. The van der Waals surface area contributed by atoms with Crippen LogP contribution < -0.4 is 9.57 Å². The van der Waals surface area contributed by atoms with Crippen LogP contribution in [0.1, 0.15) is 5.56 Å². The van der Waals surface area contributed by atoms with E-state index in [1.54, 1.807) is 6.07 Å². The van der Waals surface area contributed by atoms with Crippen molar-refractivity contribution in [2.75, 3.05) is 7.11 Å². The number of esters is 1. The van der Waals surface area contributed by atoms with Gasteiger partial charge in [0.05, 0.1) is 7.11 Å². The standard InChI is InChI=1S/C16H15NO4/c1-12-7-6-10-14(21-17-11-15(18)19-2)16(12)20-13-8-4-3-5-9-13/h3-11H,1-2H3/b17-11+. The van der Waals surface area contributed by atoms with E-state index >= 15 is 0 Å². The Morgan fingerprint density at radius 3 is 2.57 bits per heavy atom. The summed E-state index contributed by atoms with van der Waals surface area (Å²) in [5.74, 6) is 1.06. The molecule has 0 amide bonds. The molecule has 0 saturated heterocycles. The summed E-state index contributed by atoms with van der Waals surface area (Å²) in [4.78, 5) is 16.2. The molecule has 0 heterocycles. The quantitative estimate of drug-likeness (QED) is 0.480. The van der Waals surface area contributed by atoms with Crippen LogP contribution in [0.2, 0.25) is 0 Å². The number of ether oxygens (including phenoxy) is 2. The van der Waals surface area contributed by atoms with Crippen LogP contribution in [0, 0.1) is 6.92 Å². The van der Waals surface area contributed by atoms with Crippen molar-refractivity contribution in [1.29, 1.82) is 0 Å². The maximum atomic E-state index is 11.0.